The van der Waals surface area contributed by atoms with Crippen LogP contribution >= 0.6 is 0 Å². The molecule has 0 spiro atoms. The Kier molecular flexibility index (Phi) is 5.06. The van der Waals surface area contributed by atoms with Gasteiger partial charge < -0.3 is 10.1 Å². The second-order valence-electron chi connectivity index (χ2n) is 9.40. The Morgan fingerprint density at radius 3 is 2.45 bits per heavy atom. The van der Waals surface area contributed by atoms with Crippen LogP contribution in [0.15, 0.2) is 66.7 Å². The first-order valence-corrected chi connectivity index (χ1v) is 12.9. The standard InChI is InChI=1S/C26H27N3O3S/c1-26(2,30)22-7-5-4-6-19(22)17-10-13-23-24(14-17)28-25(27-23)21-15-20(21)16-8-11-18(12-9-16)29-33(3,31)32/h4-14,20-21,29-30H,15H2,1-3H3,(H,27,28). The number of hydrogen-bond donors (Lipinski definition) is 3. The summed E-state index contributed by atoms with van der Waals surface area (Å²) in [4.78, 5) is 8.33. The van der Waals surface area contributed by atoms with E-state index in [1.165, 1.54) is 5.56 Å². The molecule has 2 atom stereocenters. The second-order valence-corrected chi connectivity index (χ2v) is 11.2. The first-order chi connectivity index (χ1) is 15.6. The number of aliphatic hydroxyl groups is 1. The summed E-state index contributed by atoms with van der Waals surface area (Å²) >= 11 is 0. The summed E-state index contributed by atoms with van der Waals surface area (Å²) in [5.41, 5.74) is 5.66. The Hall–Kier alpha value is -3.16. The molecule has 6 nitrogen and oxygen atoms in total. The van der Waals surface area contributed by atoms with Gasteiger partial charge in [0.15, 0.2) is 0 Å². The maximum atomic E-state index is 11.4. The van der Waals surface area contributed by atoms with Crippen molar-refractivity contribution in [2.45, 2.75) is 37.7 Å². The van der Waals surface area contributed by atoms with E-state index in [4.69, 9.17) is 4.98 Å². The third-order valence-electron chi connectivity index (χ3n) is 6.18. The van der Waals surface area contributed by atoms with Gasteiger partial charge in [-0.1, -0.05) is 42.5 Å². The van der Waals surface area contributed by atoms with Crippen molar-refractivity contribution >= 4 is 26.7 Å². The molecule has 170 valence electrons. The van der Waals surface area contributed by atoms with E-state index in [-0.39, 0.29) is 0 Å². The summed E-state index contributed by atoms with van der Waals surface area (Å²) in [6.45, 7) is 3.60. The van der Waals surface area contributed by atoms with Crippen LogP contribution in [0.1, 0.15) is 49.1 Å². The fourth-order valence-corrected chi connectivity index (χ4v) is 5.08. The summed E-state index contributed by atoms with van der Waals surface area (Å²) in [6.07, 6.45) is 2.15. The quantitative estimate of drug-likeness (QED) is 0.372. The SMILES string of the molecule is CC(C)(O)c1ccccc1-c1ccc2nc(C3CC3c3ccc(NS(C)(=O)=O)cc3)[nH]c2c1. The van der Waals surface area contributed by atoms with Crippen LogP contribution < -0.4 is 4.72 Å². The third-order valence-corrected chi connectivity index (χ3v) is 6.79. The normalized spacial score (nSPS) is 18.4. The Bertz CT molecular complexity index is 1430. The number of sulfonamides is 1. The van der Waals surface area contributed by atoms with Gasteiger partial charge in [-0.2, -0.15) is 0 Å². The van der Waals surface area contributed by atoms with Crippen LogP contribution in [0.25, 0.3) is 22.2 Å². The zero-order valence-corrected chi connectivity index (χ0v) is 19.6. The maximum Gasteiger partial charge on any atom is 0.229 e. The molecule has 0 radical (unpaired) electrons. The van der Waals surface area contributed by atoms with Crippen LogP contribution in [-0.2, 0) is 15.6 Å². The highest BCUT2D eigenvalue weighted by atomic mass is 32.2. The molecule has 0 aliphatic heterocycles. The number of fused-ring (bicyclic) bond motifs is 1. The van der Waals surface area contributed by atoms with Gasteiger partial charge in [0.1, 0.15) is 5.82 Å². The molecule has 0 saturated heterocycles. The molecule has 0 bridgehead atoms. The number of benzene rings is 3. The van der Waals surface area contributed by atoms with Gasteiger partial charge in [0.2, 0.25) is 10.0 Å². The number of rotatable bonds is 6. The fraction of sp³-hybridized carbons (Fsp3) is 0.269. The van der Waals surface area contributed by atoms with Gasteiger partial charge in [-0.25, -0.2) is 13.4 Å². The van der Waals surface area contributed by atoms with Crippen molar-refractivity contribution in [3.05, 3.63) is 83.7 Å². The third kappa shape index (κ3) is 4.51. The fourth-order valence-electron chi connectivity index (χ4n) is 4.52. The van der Waals surface area contributed by atoms with Gasteiger partial charge in [-0.15, -0.1) is 0 Å². The van der Waals surface area contributed by atoms with Crippen LogP contribution in [-0.4, -0.2) is 29.7 Å². The van der Waals surface area contributed by atoms with Crippen molar-refractivity contribution in [3.8, 4) is 11.1 Å². The van der Waals surface area contributed by atoms with E-state index in [1.807, 2.05) is 42.5 Å². The molecule has 1 aliphatic carbocycles. The average Bonchev–Trinajstić information content (AvgIpc) is 3.43. The van der Waals surface area contributed by atoms with Crippen molar-refractivity contribution in [2.75, 3.05) is 11.0 Å². The zero-order chi connectivity index (χ0) is 23.4. The number of imidazole rings is 1. The summed E-state index contributed by atoms with van der Waals surface area (Å²) < 4.78 is 25.3. The van der Waals surface area contributed by atoms with E-state index in [0.717, 1.165) is 46.2 Å². The number of nitrogens with zero attached hydrogens (tertiary/aromatic N) is 1. The minimum absolute atomic E-state index is 0.318. The van der Waals surface area contributed by atoms with Crippen molar-refractivity contribution < 1.29 is 13.5 Å². The van der Waals surface area contributed by atoms with Gasteiger partial charge in [-0.05, 0) is 72.7 Å². The summed E-state index contributed by atoms with van der Waals surface area (Å²) in [5, 5.41) is 10.6. The molecule has 0 amide bonds. The number of aromatic amines is 1. The van der Waals surface area contributed by atoms with Crippen LogP contribution in [0, 0.1) is 0 Å². The lowest BCUT2D eigenvalue weighted by molar-refractivity contribution is 0.0792. The lowest BCUT2D eigenvalue weighted by atomic mass is 9.89. The van der Waals surface area contributed by atoms with Crippen molar-refractivity contribution in [2.24, 2.45) is 0 Å². The minimum Gasteiger partial charge on any atom is -0.386 e. The second kappa shape index (κ2) is 7.71. The van der Waals surface area contributed by atoms with E-state index in [9.17, 15) is 13.5 Å². The summed E-state index contributed by atoms with van der Waals surface area (Å²) in [6, 6.07) is 21.7. The van der Waals surface area contributed by atoms with E-state index in [1.54, 1.807) is 26.0 Å². The van der Waals surface area contributed by atoms with E-state index >= 15 is 0 Å². The molecule has 2 unspecified atom stereocenters. The number of nitrogens with one attached hydrogen (secondary N) is 2. The minimum atomic E-state index is -3.28. The zero-order valence-electron chi connectivity index (χ0n) is 18.8. The smallest absolute Gasteiger partial charge is 0.229 e. The van der Waals surface area contributed by atoms with Gasteiger partial charge in [-0.3, -0.25) is 4.72 Å². The molecule has 3 N–H and O–H groups in total. The molecule has 3 aromatic carbocycles. The molecular weight excluding hydrogens is 434 g/mol. The maximum absolute atomic E-state index is 11.4. The highest BCUT2D eigenvalue weighted by molar-refractivity contribution is 7.92. The molecule has 5 rings (SSSR count). The molecule has 1 saturated carbocycles. The highest BCUT2D eigenvalue weighted by Gasteiger charge is 2.41. The van der Waals surface area contributed by atoms with Gasteiger partial charge in [0.25, 0.3) is 0 Å². The lowest BCUT2D eigenvalue weighted by Crippen LogP contribution is -2.16. The van der Waals surface area contributed by atoms with E-state index in [0.29, 0.717) is 17.5 Å². The van der Waals surface area contributed by atoms with Gasteiger partial charge >= 0.3 is 0 Å². The molecule has 1 aliphatic rings. The summed E-state index contributed by atoms with van der Waals surface area (Å²) in [5.74, 6) is 1.66. The number of aromatic nitrogens is 2. The molecule has 33 heavy (non-hydrogen) atoms. The number of hydrogen-bond acceptors (Lipinski definition) is 4. The Balaban J connectivity index is 1.39. The highest BCUT2D eigenvalue weighted by Crippen LogP contribution is 2.54. The van der Waals surface area contributed by atoms with Crippen LogP contribution in [0.2, 0.25) is 0 Å². The Morgan fingerprint density at radius 1 is 1.03 bits per heavy atom. The van der Waals surface area contributed by atoms with Crippen LogP contribution in [0.4, 0.5) is 5.69 Å². The van der Waals surface area contributed by atoms with Crippen LogP contribution in [0.3, 0.4) is 0 Å². The molecule has 1 fully saturated rings. The molecule has 7 heteroatoms. The monoisotopic (exact) mass is 461 g/mol. The lowest BCUT2D eigenvalue weighted by Gasteiger charge is -2.21. The molecule has 1 heterocycles. The first kappa shape index (κ1) is 21.7. The predicted molar refractivity (Wildman–Crippen MR) is 132 cm³/mol. The topological polar surface area (TPSA) is 95.1 Å². The summed E-state index contributed by atoms with van der Waals surface area (Å²) in [7, 11) is -3.28. The Labute approximate surface area is 193 Å². The average molecular weight is 462 g/mol. The molecule has 4 aromatic rings. The first-order valence-electron chi connectivity index (χ1n) is 11.0. The molecule has 1 aromatic heterocycles. The van der Waals surface area contributed by atoms with Gasteiger partial charge in [0.05, 0.1) is 22.9 Å². The van der Waals surface area contributed by atoms with Crippen molar-refractivity contribution in [1.29, 1.82) is 0 Å². The van der Waals surface area contributed by atoms with E-state index < -0.39 is 15.6 Å². The van der Waals surface area contributed by atoms with Crippen molar-refractivity contribution in [3.63, 3.8) is 0 Å². The largest absolute Gasteiger partial charge is 0.386 e. The number of H-pyrrole nitrogens is 1. The van der Waals surface area contributed by atoms with Crippen molar-refractivity contribution in [1.82, 2.24) is 9.97 Å². The van der Waals surface area contributed by atoms with E-state index in [2.05, 4.69) is 21.8 Å². The Morgan fingerprint density at radius 2 is 1.76 bits per heavy atom. The molecular formula is C26H27N3O3S. The van der Waals surface area contributed by atoms with Crippen LogP contribution in [0.5, 0.6) is 0 Å². The predicted octanol–water partition coefficient (Wildman–Crippen LogP) is 5.10. The number of anilines is 1. The van der Waals surface area contributed by atoms with Gasteiger partial charge in [0, 0.05) is 11.6 Å².